The lowest BCUT2D eigenvalue weighted by molar-refractivity contribution is -0.142. The Balaban J connectivity index is 1.93. The third-order valence-corrected chi connectivity index (χ3v) is 4.32. The van der Waals surface area contributed by atoms with Gasteiger partial charge in [-0.15, -0.1) is 0 Å². The molecule has 0 radical (unpaired) electrons. The van der Waals surface area contributed by atoms with Gasteiger partial charge in [0.05, 0.1) is 19.9 Å². The van der Waals surface area contributed by atoms with Crippen molar-refractivity contribution in [1.29, 1.82) is 0 Å². The van der Waals surface area contributed by atoms with Gasteiger partial charge in [-0.1, -0.05) is 18.2 Å². The van der Waals surface area contributed by atoms with Crippen molar-refractivity contribution < 1.29 is 19.1 Å². The van der Waals surface area contributed by atoms with Crippen LogP contribution in [0.3, 0.4) is 0 Å². The number of ether oxygens (including phenoxy) is 2. The lowest BCUT2D eigenvalue weighted by Crippen LogP contribution is -2.37. The van der Waals surface area contributed by atoms with Gasteiger partial charge in [0.15, 0.2) is 6.61 Å². The number of aromatic nitrogens is 2. The highest BCUT2D eigenvalue weighted by atomic mass is 16.5. The minimum Gasteiger partial charge on any atom is -0.483 e. The summed E-state index contributed by atoms with van der Waals surface area (Å²) in [7, 11) is 1.34. The number of aryl methyl sites for hydroxylation is 3. The maximum atomic E-state index is 12.7. The molecule has 0 bridgehead atoms. The number of amides is 1. The molecule has 1 aromatic heterocycles. The average Bonchev–Trinajstić information content (AvgIpc) is 3.17. The Morgan fingerprint density at radius 2 is 1.93 bits per heavy atom. The van der Waals surface area contributed by atoms with Crippen molar-refractivity contribution in [1.82, 2.24) is 14.5 Å². The highest BCUT2D eigenvalue weighted by Gasteiger charge is 2.17. The molecule has 0 N–H and O–H groups in total. The molecule has 7 nitrogen and oxygen atoms in total. The minimum atomic E-state index is -0.335. The molecule has 7 heteroatoms. The fourth-order valence-corrected chi connectivity index (χ4v) is 2.80. The molecule has 0 aliphatic carbocycles. The van der Waals surface area contributed by atoms with E-state index >= 15 is 0 Å². The van der Waals surface area contributed by atoms with Gasteiger partial charge in [-0.3, -0.25) is 9.59 Å². The summed E-state index contributed by atoms with van der Waals surface area (Å²) in [5.74, 6) is 0.252. The van der Waals surface area contributed by atoms with E-state index in [-0.39, 0.29) is 24.9 Å². The third-order valence-electron chi connectivity index (χ3n) is 4.32. The number of hydrogen-bond acceptors (Lipinski definition) is 5. The molecule has 0 saturated carbocycles. The van der Waals surface area contributed by atoms with Crippen LogP contribution in [0, 0.1) is 13.8 Å². The molecular formula is C20H27N3O4. The smallest absolute Gasteiger partial charge is 0.307 e. The minimum absolute atomic E-state index is 0.0576. The number of benzene rings is 1. The normalized spacial score (nSPS) is 10.5. The second-order valence-electron chi connectivity index (χ2n) is 6.37. The third kappa shape index (κ3) is 6.44. The van der Waals surface area contributed by atoms with E-state index in [9.17, 15) is 9.59 Å². The van der Waals surface area contributed by atoms with Crippen molar-refractivity contribution in [2.75, 3.05) is 26.8 Å². The van der Waals surface area contributed by atoms with E-state index in [4.69, 9.17) is 4.74 Å². The van der Waals surface area contributed by atoms with Crippen LogP contribution >= 0.6 is 0 Å². The molecule has 1 aromatic carbocycles. The average molecular weight is 373 g/mol. The molecule has 2 aromatic rings. The summed E-state index contributed by atoms with van der Waals surface area (Å²) in [4.78, 5) is 29.8. The van der Waals surface area contributed by atoms with E-state index in [1.165, 1.54) is 7.11 Å². The number of para-hydroxylation sites is 1. The SMILES string of the molecule is COC(=O)CCN(CCCn1ccnc1)C(=O)COc1c(C)cccc1C. The molecule has 27 heavy (non-hydrogen) atoms. The summed E-state index contributed by atoms with van der Waals surface area (Å²) in [5, 5.41) is 0. The predicted molar refractivity (Wildman–Crippen MR) is 101 cm³/mol. The largest absolute Gasteiger partial charge is 0.483 e. The molecule has 1 amide bonds. The van der Waals surface area contributed by atoms with E-state index in [1.54, 1.807) is 17.4 Å². The lowest BCUT2D eigenvalue weighted by Gasteiger charge is -2.23. The Labute approximate surface area is 159 Å². The number of esters is 1. The van der Waals surface area contributed by atoms with Crippen molar-refractivity contribution in [3.05, 3.63) is 48.0 Å². The van der Waals surface area contributed by atoms with Crippen LogP contribution in [0.2, 0.25) is 0 Å². The van der Waals surface area contributed by atoms with Gasteiger partial charge >= 0.3 is 5.97 Å². The van der Waals surface area contributed by atoms with Gasteiger partial charge in [-0.2, -0.15) is 0 Å². The Kier molecular flexibility index (Phi) is 7.85. The Bertz CT molecular complexity index is 723. The maximum absolute atomic E-state index is 12.7. The molecule has 0 unspecified atom stereocenters. The number of hydrogen-bond donors (Lipinski definition) is 0. The molecule has 0 atom stereocenters. The number of rotatable bonds is 10. The maximum Gasteiger partial charge on any atom is 0.307 e. The van der Waals surface area contributed by atoms with Gasteiger partial charge in [0.1, 0.15) is 5.75 Å². The Morgan fingerprint density at radius 1 is 1.19 bits per heavy atom. The summed E-state index contributed by atoms with van der Waals surface area (Å²) in [6, 6.07) is 5.86. The monoisotopic (exact) mass is 373 g/mol. The molecule has 146 valence electrons. The summed E-state index contributed by atoms with van der Waals surface area (Å²) in [6.07, 6.45) is 6.26. The zero-order valence-electron chi connectivity index (χ0n) is 16.2. The number of carbonyl (C=O) groups is 2. The second-order valence-corrected chi connectivity index (χ2v) is 6.37. The number of methoxy groups -OCH3 is 1. The van der Waals surface area contributed by atoms with Crippen LogP contribution in [0.25, 0.3) is 0 Å². The van der Waals surface area contributed by atoms with Crippen LogP contribution in [0.4, 0.5) is 0 Å². The highest BCUT2D eigenvalue weighted by molar-refractivity contribution is 5.78. The quantitative estimate of drug-likeness (QED) is 0.598. The van der Waals surface area contributed by atoms with E-state index in [2.05, 4.69) is 9.72 Å². The Morgan fingerprint density at radius 3 is 2.56 bits per heavy atom. The van der Waals surface area contributed by atoms with E-state index in [1.807, 2.05) is 42.8 Å². The number of carbonyl (C=O) groups excluding carboxylic acids is 2. The fraction of sp³-hybridized carbons (Fsp3) is 0.450. The molecule has 2 rings (SSSR count). The molecule has 0 saturated heterocycles. The molecule has 0 aliphatic heterocycles. The first-order valence-electron chi connectivity index (χ1n) is 9.00. The summed E-state index contributed by atoms with van der Waals surface area (Å²) in [5.41, 5.74) is 1.98. The van der Waals surface area contributed by atoms with Crippen LogP contribution < -0.4 is 4.74 Å². The van der Waals surface area contributed by atoms with Crippen molar-refractivity contribution in [2.24, 2.45) is 0 Å². The zero-order chi connectivity index (χ0) is 19.6. The van der Waals surface area contributed by atoms with Crippen molar-refractivity contribution in [2.45, 2.75) is 33.2 Å². The van der Waals surface area contributed by atoms with Crippen molar-refractivity contribution >= 4 is 11.9 Å². The van der Waals surface area contributed by atoms with Gasteiger partial charge in [0.2, 0.25) is 0 Å². The van der Waals surface area contributed by atoms with Gasteiger partial charge in [-0.25, -0.2) is 4.98 Å². The molecule has 1 heterocycles. The zero-order valence-corrected chi connectivity index (χ0v) is 16.2. The van der Waals surface area contributed by atoms with E-state index in [0.717, 1.165) is 29.8 Å². The topological polar surface area (TPSA) is 73.7 Å². The van der Waals surface area contributed by atoms with Crippen molar-refractivity contribution in [3.8, 4) is 5.75 Å². The van der Waals surface area contributed by atoms with Gasteiger partial charge in [-0.05, 0) is 31.4 Å². The van der Waals surface area contributed by atoms with E-state index < -0.39 is 0 Å². The van der Waals surface area contributed by atoms with Crippen molar-refractivity contribution in [3.63, 3.8) is 0 Å². The molecular weight excluding hydrogens is 346 g/mol. The number of nitrogens with zero attached hydrogens (tertiary/aromatic N) is 3. The standard InChI is InChI=1S/C20H27N3O4/c1-16-6-4-7-17(2)20(16)27-14-18(24)23(12-8-19(25)26-3)11-5-10-22-13-9-21-15-22/h4,6-7,9,13,15H,5,8,10-12,14H2,1-3H3. The Hall–Kier alpha value is -2.83. The highest BCUT2D eigenvalue weighted by Crippen LogP contribution is 2.22. The van der Waals surface area contributed by atoms with Gasteiger partial charge in [0.25, 0.3) is 5.91 Å². The summed E-state index contributed by atoms with van der Waals surface area (Å²) < 4.78 is 12.4. The second kappa shape index (κ2) is 10.4. The van der Waals surface area contributed by atoms with Crippen LogP contribution in [-0.4, -0.2) is 53.1 Å². The van der Waals surface area contributed by atoms with Crippen LogP contribution in [0.15, 0.2) is 36.9 Å². The van der Waals surface area contributed by atoms with Gasteiger partial charge in [0, 0.05) is 32.0 Å². The molecule has 0 spiro atoms. The van der Waals surface area contributed by atoms with Crippen LogP contribution in [0.5, 0.6) is 5.75 Å². The molecule has 0 aliphatic rings. The molecule has 0 fully saturated rings. The fourth-order valence-electron chi connectivity index (χ4n) is 2.80. The summed E-state index contributed by atoms with van der Waals surface area (Å²) in [6.45, 7) is 5.44. The first kappa shape index (κ1) is 20.5. The van der Waals surface area contributed by atoms with Gasteiger partial charge < -0.3 is 18.9 Å². The van der Waals surface area contributed by atoms with Crippen LogP contribution in [0.1, 0.15) is 24.0 Å². The lowest BCUT2D eigenvalue weighted by atomic mass is 10.1. The predicted octanol–water partition coefficient (Wildman–Crippen LogP) is 2.36. The van der Waals surface area contributed by atoms with Crippen LogP contribution in [-0.2, 0) is 20.9 Å². The van der Waals surface area contributed by atoms with E-state index in [0.29, 0.717) is 13.1 Å². The first-order chi connectivity index (χ1) is 13.0. The first-order valence-corrected chi connectivity index (χ1v) is 9.00. The summed E-state index contributed by atoms with van der Waals surface area (Å²) >= 11 is 0. The number of imidazole rings is 1.